The van der Waals surface area contributed by atoms with Gasteiger partial charge in [-0.15, -0.1) is 0 Å². The van der Waals surface area contributed by atoms with Crippen LogP contribution in [0, 0.1) is 11.3 Å². The number of benzene rings is 3. The van der Waals surface area contributed by atoms with E-state index in [1.165, 1.54) is 12.1 Å². The topological polar surface area (TPSA) is 98.4 Å². The Hall–Kier alpha value is -4.47. The van der Waals surface area contributed by atoms with Crippen molar-refractivity contribution in [2.75, 3.05) is 5.32 Å². The van der Waals surface area contributed by atoms with Crippen LogP contribution < -0.4 is 5.32 Å². The molecule has 0 bridgehead atoms. The molecule has 7 heteroatoms. The van der Waals surface area contributed by atoms with Crippen LogP contribution in [0.4, 0.5) is 11.5 Å². The standard InChI is InChI=1S/C27H17ClN4O2/c28-19-8-11-22-23(13-19)26(21-4-2-1-3-17(21)14-29)30-15-18-7-12-24(32-25(18)22)31-20-9-5-16(6-10-20)27(33)34/h1-13H,15H2,(H,31,32)(H,33,34). The normalized spacial score (nSPS) is 11.9. The number of pyridine rings is 1. The van der Waals surface area contributed by atoms with E-state index in [2.05, 4.69) is 11.4 Å². The summed E-state index contributed by atoms with van der Waals surface area (Å²) in [7, 11) is 0. The fourth-order valence-electron chi connectivity index (χ4n) is 3.95. The first-order valence-corrected chi connectivity index (χ1v) is 10.9. The van der Waals surface area contributed by atoms with Crippen molar-refractivity contribution in [3.63, 3.8) is 0 Å². The van der Waals surface area contributed by atoms with E-state index >= 15 is 0 Å². The molecule has 0 unspecified atom stereocenters. The number of rotatable bonds is 4. The first-order chi connectivity index (χ1) is 16.5. The number of aromatic carboxylic acids is 1. The molecule has 5 rings (SSSR count). The van der Waals surface area contributed by atoms with Gasteiger partial charge in [0.05, 0.1) is 35.1 Å². The van der Waals surface area contributed by atoms with Gasteiger partial charge in [0.15, 0.2) is 0 Å². The summed E-state index contributed by atoms with van der Waals surface area (Å²) in [6.45, 7) is 0.400. The summed E-state index contributed by atoms with van der Waals surface area (Å²) in [5.41, 5.74) is 6.32. The van der Waals surface area contributed by atoms with Crippen LogP contribution in [-0.4, -0.2) is 21.8 Å². The molecule has 3 aromatic carbocycles. The Balaban J connectivity index is 1.59. The molecular weight excluding hydrogens is 448 g/mol. The van der Waals surface area contributed by atoms with Gasteiger partial charge in [-0.2, -0.15) is 5.26 Å². The van der Waals surface area contributed by atoms with Crippen LogP contribution in [0.3, 0.4) is 0 Å². The zero-order valence-electron chi connectivity index (χ0n) is 17.8. The molecule has 0 fully saturated rings. The van der Waals surface area contributed by atoms with Crippen LogP contribution in [0.15, 0.2) is 83.9 Å². The summed E-state index contributed by atoms with van der Waals surface area (Å²) >= 11 is 6.36. The van der Waals surface area contributed by atoms with Crippen molar-refractivity contribution in [3.8, 4) is 17.3 Å². The van der Waals surface area contributed by atoms with Crippen LogP contribution in [0.5, 0.6) is 0 Å². The van der Waals surface area contributed by atoms with Crippen molar-refractivity contribution in [2.45, 2.75) is 6.54 Å². The molecule has 0 saturated heterocycles. The van der Waals surface area contributed by atoms with Gasteiger partial charge in [0.2, 0.25) is 0 Å². The van der Waals surface area contributed by atoms with E-state index in [-0.39, 0.29) is 5.56 Å². The second-order valence-corrected chi connectivity index (χ2v) is 8.16. The molecule has 0 saturated carbocycles. The first-order valence-electron chi connectivity index (χ1n) is 10.5. The number of hydrogen-bond acceptors (Lipinski definition) is 5. The number of aliphatic imine (C=N–C) groups is 1. The van der Waals surface area contributed by atoms with E-state index in [0.717, 1.165) is 33.6 Å². The minimum Gasteiger partial charge on any atom is -0.478 e. The smallest absolute Gasteiger partial charge is 0.335 e. The number of carboxylic acid groups (broad SMARTS) is 1. The molecule has 164 valence electrons. The summed E-state index contributed by atoms with van der Waals surface area (Å²) < 4.78 is 0. The predicted octanol–water partition coefficient (Wildman–Crippen LogP) is 6.07. The van der Waals surface area contributed by atoms with Crippen LogP contribution in [0.25, 0.3) is 11.3 Å². The molecule has 0 atom stereocenters. The van der Waals surface area contributed by atoms with E-state index in [1.54, 1.807) is 18.2 Å². The van der Waals surface area contributed by atoms with Crippen LogP contribution >= 0.6 is 11.6 Å². The Kier molecular flexibility index (Phi) is 5.54. The number of nitriles is 1. The van der Waals surface area contributed by atoms with E-state index in [9.17, 15) is 10.1 Å². The number of hydrogen-bond donors (Lipinski definition) is 2. The summed E-state index contributed by atoms with van der Waals surface area (Å²) in [5, 5.41) is 22.5. The number of anilines is 2. The van der Waals surface area contributed by atoms with E-state index < -0.39 is 5.97 Å². The summed E-state index contributed by atoms with van der Waals surface area (Å²) in [6.07, 6.45) is 0. The average molecular weight is 465 g/mol. The maximum absolute atomic E-state index is 11.1. The molecule has 0 amide bonds. The molecule has 4 aromatic rings. The lowest BCUT2D eigenvalue weighted by molar-refractivity contribution is 0.0697. The van der Waals surface area contributed by atoms with Gasteiger partial charge < -0.3 is 10.4 Å². The molecule has 1 aromatic heterocycles. The third-order valence-corrected chi connectivity index (χ3v) is 5.82. The van der Waals surface area contributed by atoms with Crippen LogP contribution in [0.1, 0.15) is 32.6 Å². The first kappa shape index (κ1) is 21.4. The highest BCUT2D eigenvalue weighted by atomic mass is 35.5. The van der Waals surface area contributed by atoms with Gasteiger partial charge in [-0.3, -0.25) is 4.99 Å². The van der Waals surface area contributed by atoms with Gasteiger partial charge in [0.1, 0.15) is 5.82 Å². The molecule has 0 aliphatic carbocycles. The third kappa shape index (κ3) is 4.01. The lowest BCUT2D eigenvalue weighted by Crippen LogP contribution is -2.07. The zero-order chi connectivity index (χ0) is 23.7. The molecule has 0 spiro atoms. The molecule has 6 nitrogen and oxygen atoms in total. The number of carboxylic acids is 1. The summed E-state index contributed by atoms with van der Waals surface area (Å²) in [5.74, 6) is -0.359. The maximum Gasteiger partial charge on any atom is 0.335 e. The molecule has 0 radical (unpaired) electrons. The van der Waals surface area contributed by atoms with Crippen molar-refractivity contribution in [1.29, 1.82) is 5.26 Å². The number of nitrogens with one attached hydrogen (secondary N) is 1. The maximum atomic E-state index is 11.1. The monoisotopic (exact) mass is 464 g/mol. The lowest BCUT2D eigenvalue weighted by Gasteiger charge is -2.14. The van der Waals surface area contributed by atoms with Gasteiger partial charge in [-0.1, -0.05) is 41.9 Å². The van der Waals surface area contributed by atoms with Gasteiger partial charge in [-0.25, -0.2) is 9.78 Å². The summed E-state index contributed by atoms with van der Waals surface area (Å²) in [4.78, 5) is 20.8. The van der Waals surface area contributed by atoms with Crippen molar-refractivity contribution in [1.82, 2.24) is 4.98 Å². The Labute approximate surface area is 200 Å². The molecule has 34 heavy (non-hydrogen) atoms. The predicted molar refractivity (Wildman–Crippen MR) is 132 cm³/mol. The number of carbonyl (C=O) groups is 1. The minimum absolute atomic E-state index is 0.216. The van der Waals surface area contributed by atoms with E-state index in [4.69, 9.17) is 26.7 Å². The molecule has 1 aliphatic heterocycles. The summed E-state index contributed by atoms with van der Waals surface area (Å²) in [6, 6.07) is 25.5. The molecule has 2 heterocycles. The number of halogens is 1. The van der Waals surface area contributed by atoms with Gasteiger partial charge in [0, 0.05) is 33.0 Å². The third-order valence-electron chi connectivity index (χ3n) is 5.59. The fraction of sp³-hybridized carbons (Fsp3) is 0.0370. The number of nitrogens with zero attached hydrogens (tertiary/aromatic N) is 3. The average Bonchev–Trinajstić information content (AvgIpc) is 3.00. The Bertz CT molecular complexity index is 1500. The van der Waals surface area contributed by atoms with Crippen molar-refractivity contribution in [3.05, 3.63) is 112 Å². The number of aromatic nitrogens is 1. The SMILES string of the molecule is N#Cc1ccccc1C1=NCc2ccc(Nc3ccc(C(=O)O)cc3)nc2-c2ccc(Cl)cc21. The highest BCUT2D eigenvalue weighted by Gasteiger charge is 2.22. The van der Waals surface area contributed by atoms with Gasteiger partial charge in [0.25, 0.3) is 0 Å². The fourth-order valence-corrected chi connectivity index (χ4v) is 4.12. The van der Waals surface area contributed by atoms with Gasteiger partial charge >= 0.3 is 5.97 Å². The Morgan fingerprint density at radius 3 is 2.53 bits per heavy atom. The van der Waals surface area contributed by atoms with E-state index in [1.807, 2.05) is 48.5 Å². The second-order valence-electron chi connectivity index (χ2n) is 7.72. The van der Waals surface area contributed by atoms with Gasteiger partial charge in [-0.05, 0) is 48.5 Å². The highest BCUT2D eigenvalue weighted by Crippen LogP contribution is 2.35. The van der Waals surface area contributed by atoms with Crippen LogP contribution in [-0.2, 0) is 6.54 Å². The van der Waals surface area contributed by atoms with Crippen molar-refractivity contribution in [2.24, 2.45) is 4.99 Å². The van der Waals surface area contributed by atoms with Crippen molar-refractivity contribution >= 4 is 34.8 Å². The largest absolute Gasteiger partial charge is 0.478 e. The Morgan fingerprint density at radius 2 is 1.76 bits per heavy atom. The zero-order valence-corrected chi connectivity index (χ0v) is 18.5. The minimum atomic E-state index is -0.973. The second kappa shape index (κ2) is 8.81. The Morgan fingerprint density at radius 1 is 0.971 bits per heavy atom. The van der Waals surface area contributed by atoms with Crippen LogP contribution in [0.2, 0.25) is 5.02 Å². The molecule has 1 aliphatic rings. The van der Waals surface area contributed by atoms with E-state index in [0.29, 0.717) is 28.7 Å². The quantitative estimate of drug-likeness (QED) is 0.382. The number of fused-ring (bicyclic) bond motifs is 3. The molecule has 2 N–H and O–H groups in total. The lowest BCUT2D eigenvalue weighted by atomic mass is 9.93. The highest BCUT2D eigenvalue weighted by molar-refractivity contribution is 6.31. The molecular formula is C27H17ClN4O2. The van der Waals surface area contributed by atoms with Crippen molar-refractivity contribution < 1.29 is 9.90 Å².